The summed E-state index contributed by atoms with van der Waals surface area (Å²) < 4.78 is 24.4. The summed E-state index contributed by atoms with van der Waals surface area (Å²) in [5.74, 6) is -0.921. The number of hydrogen-bond donors (Lipinski definition) is 1. The predicted octanol–water partition coefficient (Wildman–Crippen LogP) is 1.30. The number of aliphatic carboxylic acids is 1. The summed E-state index contributed by atoms with van der Waals surface area (Å²) in [5, 5.41) is 13.1. The molecular weight excluding hydrogens is 292 g/mol. The van der Waals surface area contributed by atoms with E-state index in [1.165, 1.54) is 10.8 Å². The molecule has 8 heteroatoms. The average molecular weight is 305 g/mol. The van der Waals surface area contributed by atoms with Gasteiger partial charge in [0.25, 0.3) is 0 Å². The molecule has 1 N–H and O–H groups in total. The Morgan fingerprint density at radius 3 is 2.79 bits per heavy atom. The highest BCUT2D eigenvalue weighted by atomic mass is 35.5. The van der Waals surface area contributed by atoms with Crippen molar-refractivity contribution in [3.8, 4) is 0 Å². The van der Waals surface area contributed by atoms with E-state index in [1.54, 1.807) is 6.92 Å². The number of halogens is 1. The summed E-state index contributed by atoms with van der Waals surface area (Å²) >= 11 is 6.15. The zero-order valence-corrected chi connectivity index (χ0v) is 11.8. The summed E-state index contributed by atoms with van der Waals surface area (Å²) in [6, 6.07) is -0.275. The van der Waals surface area contributed by atoms with Crippen LogP contribution >= 0.6 is 11.6 Å². The molecule has 2 rings (SSSR count). The Balaban J connectivity index is 2.34. The van der Waals surface area contributed by atoms with E-state index in [9.17, 15) is 13.2 Å². The fraction of sp³-hybridized carbons (Fsp3) is 0.455. The number of carbonyl (C=O) groups is 1. The number of aryl methyl sites for hydroxylation is 1. The summed E-state index contributed by atoms with van der Waals surface area (Å²) in [6.07, 6.45) is 2.82. The van der Waals surface area contributed by atoms with Gasteiger partial charge in [-0.3, -0.25) is 0 Å². The normalized spacial score (nSPS) is 22.1. The molecule has 0 amide bonds. The van der Waals surface area contributed by atoms with Crippen molar-refractivity contribution < 1.29 is 18.3 Å². The number of carboxylic acids is 1. The van der Waals surface area contributed by atoms with Gasteiger partial charge in [0.15, 0.2) is 9.84 Å². The molecule has 1 saturated heterocycles. The highest BCUT2D eigenvalue weighted by Gasteiger charge is 2.31. The average Bonchev–Trinajstić information content (AvgIpc) is 2.77. The lowest BCUT2D eigenvalue weighted by Crippen LogP contribution is -2.12. The van der Waals surface area contributed by atoms with Crippen LogP contribution in [0.1, 0.15) is 23.7 Å². The Hall–Kier alpha value is -1.34. The van der Waals surface area contributed by atoms with Gasteiger partial charge in [-0.1, -0.05) is 11.6 Å². The number of sulfone groups is 1. The van der Waals surface area contributed by atoms with Crippen LogP contribution in [0.25, 0.3) is 6.08 Å². The molecule has 0 aromatic carbocycles. The summed E-state index contributed by atoms with van der Waals surface area (Å²) in [4.78, 5) is 10.5. The minimum absolute atomic E-state index is 0.0237. The molecule has 0 saturated carbocycles. The third kappa shape index (κ3) is 2.98. The number of aromatic nitrogens is 2. The van der Waals surface area contributed by atoms with Crippen molar-refractivity contribution in [3.05, 3.63) is 22.5 Å². The Morgan fingerprint density at radius 2 is 2.26 bits per heavy atom. The topological polar surface area (TPSA) is 89.3 Å². The molecule has 0 aliphatic carbocycles. The standard InChI is InChI=1S/C11H13ClN2O4S/c1-7-9(2-3-10(15)16)11(12)14(13-7)8-4-5-19(17,18)6-8/h2-3,8H,4-6H2,1H3,(H,15,16). The summed E-state index contributed by atoms with van der Waals surface area (Å²) in [7, 11) is -3.02. The fourth-order valence-electron chi connectivity index (χ4n) is 2.09. The Morgan fingerprint density at radius 1 is 1.58 bits per heavy atom. The molecule has 6 nitrogen and oxygen atoms in total. The largest absolute Gasteiger partial charge is 0.478 e. The maximum atomic E-state index is 11.5. The van der Waals surface area contributed by atoms with Crippen LogP contribution < -0.4 is 0 Å². The fourth-order valence-corrected chi connectivity index (χ4v) is 4.15. The van der Waals surface area contributed by atoms with Crippen molar-refractivity contribution in [2.45, 2.75) is 19.4 Å². The van der Waals surface area contributed by atoms with E-state index < -0.39 is 15.8 Å². The first kappa shape index (κ1) is 14.1. The van der Waals surface area contributed by atoms with Crippen molar-refractivity contribution >= 4 is 33.5 Å². The van der Waals surface area contributed by atoms with Crippen LogP contribution in [0, 0.1) is 6.92 Å². The van der Waals surface area contributed by atoms with Gasteiger partial charge in [0.05, 0.1) is 23.2 Å². The van der Waals surface area contributed by atoms with E-state index in [1.807, 2.05) is 0 Å². The van der Waals surface area contributed by atoms with E-state index in [4.69, 9.17) is 16.7 Å². The van der Waals surface area contributed by atoms with Crippen LogP contribution in [0.3, 0.4) is 0 Å². The Kier molecular flexibility index (Phi) is 3.69. The number of rotatable bonds is 3. The van der Waals surface area contributed by atoms with Crippen LogP contribution in [0.2, 0.25) is 5.15 Å². The van der Waals surface area contributed by atoms with Gasteiger partial charge in [0.2, 0.25) is 0 Å². The monoisotopic (exact) mass is 304 g/mol. The molecule has 0 radical (unpaired) electrons. The number of hydrogen-bond acceptors (Lipinski definition) is 4. The molecule has 1 aliphatic heterocycles. The lowest BCUT2D eigenvalue weighted by Gasteiger charge is -2.09. The van der Waals surface area contributed by atoms with Gasteiger partial charge in [-0.2, -0.15) is 5.10 Å². The second kappa shape index (κ2) is 4.97. The third-order valence-corrected chi connectivity index (χ3v) is 5.14. The lowest BCUT2D eigenvalue weighted by molar-refractivity contribution is -0.131. The molecule has 104 valence electrons. The van der Waals surface area contributed by atoms with E-state index >= 15 is 0 Å². The number of carboxylic acid groups (broad SMARTS) is 1. The van der Waals surface area contributed by atoms with Crippen LogP contribution in [0.15, 0.2) is 6.08 Å². The second-order valence-corrected chi connectivity index (χ2v) is 7.05. The summed E-state index contributed by atoms with van der Waals surface area (Å²) in [6.45, 7) is 1.70. The van der Waals surface area contributed by atoms with E-state index in [-0.39, 0.29) is 22.7 Å². The molecule has 1 unspecified atom stereocenters. The highest BCUT2D eigenvalue weighted by molar-refractivity contribution is 7.91. The Labute approximate surface area is 115 Å². The van der Waals surface area contributed by atoms with E-state index in [0.29, 0.717) is 17.7 Å². The van der Waals surface area contributed by atoms with Crippen molar-refractivity contribution in [3.63, 3.8) is 0 Å². The van der Waals surface area contributed by atoms with Gasteiger partial charge < -0.3 is 5.11 Å². The van der Waals surface area contributed by atoms with Crippen molar-refractivity contribution in [2.24, 2.45) is 0 Å². The molecular formula is C11H13ClN2O4S. The molecule has 1 aromatic rings. The molecule has 1 atom stereocenters. The van der Waals surface area contributed by atoms with Crippen LogP contribution in [-0.2, 0) is 14.6 Å². The molecule has 2 heterocycles. The predicted molar refractivity (Wildman–Crippen MR) is 71.0 cm³/mol. The lowest BCUT2D eigenvalue weighted by atomic mass is 10.2. The van der Waals surface area contributed by atoms with E-state index in [2.05, 4.69) is 5.10 Å². The highest BCUT2D eigenvalue weighted by Crippen LogP contribution is 2.30. The van der Waals surface area contributed by atoms with Crippen molar-refractivity contribution in [1.29, 1.82) is 0 Å². The number of nitrogens with zero attached hydrogens (tertiary/aromatic N) is 2. The maximum absolute atomic E-state index is 11.5. The minimum Gasteiger partial charge on any atom is -0.478 e. The van der Waals surface area contributed by atoms with Gasteiger partial charge in [-0.15, -0.1) is 0 Å². The minimum atomic E-state index is -3.02. The molecule has 1 fully saturated rings. The quantitative estimate of drug-likeness (QED) is 0.850. The van der Waals surface area contributed by atoms with Gasteiger partial charge in [0.1, 0.15) is 5.15 Å². The van der Waals surface area contributed by atoms with E-state index in [0.717, 1.165) is 6.08 Å². The van der Waals surface area contributed by atoms with Crippen LogP contribution in [0.4, 0.5) is 0 Å². The SMILES string of the molecule is Cc1nn(C2CCS(=O)(=O)C2)c(Cl)c1C=CC(=O)O. The second-order valence-electron chi connectivity index (χ2n) is 4.46. The van der Waals surface area contributed by atoms with Gasteiger partial charge in [-0.25, -0.2) is 17.9 Å². The van der Waals surface area contributed by atoms with Gasteiger partial charge in [0, 0.05) is 11.6 Å². The molecule has 1 aliphatic rings. The molecule has 1 aromatic heterocycles. The first-order chi connectivity index (χ1) is 8.80. The molecule has 0 bridgehead atoms. The third-order valence-electron chi connectivity index (χ3n) is 3.02. The smallest absolute Gasteiger partial charge is 0.328 e. The van der Waals surface area contributed by atoms with Gasteiger partial charge in [-0.05, 0) is 19.4 Å². The zero-order valence-electron chi connectivity index (χ0n) is 10.2. The molecule has 19 heavy (non-hydrogen) atoms. The summed E-state index contributed by atoms with van der Waals surface area (Å²) in [5.41, 5.74) is 1.08. The molecule has 0 spiro atoms. The van der Waals surface area contributed by atoms with Crippen LogP contribution in [0.5, 0.6) is 0 Å². The van der Waals surface area contributed by atoms with Gasteiger partial charge >= 0.3 is 5.97 Å². The van der Waals surface area contributed by atoms with Crippen molar-refractivity contribution in [1.82, 2.24) is 9.78 Å². The van der Waals surface area contributed by atoms with Crippen LogP contribution in [-0.4, -0.2) is 40.8 Å². The van der Waals surface area contributed by atoms with Crippen molar-refractivity contribution in [2.75, 3.05) is 11.5 Å². The Bertz CT molecular complexity index is 648. The first-order valence-corrected chi connectivity index (χ1v) is 7.86. The first-order valence-electron chi connectivity index (χ1n) is 5.66. The maximum Gasteiger partial charge on any atom is 0.328 e. The zero-order chi connectivity index (χ0) is 14.2.